The third-order valence-electron chi connectivity index (χ3n) is 5.60. The predicted octanol–water partition coefficient (Wildman–Crippen LogP) is 6.20. The number of halogens is 3. The molecule has 9 heteroatoms. The molecule has 0 spiro atoms. The monoisotopic (exact) mass is 520 g/mol. The Morgan fingerprint density at radius 2 is 2.00 bits per heavy atom. The SMILES string of the molecule is C=C1C=C(C2=CCCCC2)N=C(/C(=C\C=C/C)C(NC(C)/C(=C\C(C)=C/N)C(=O)O)C(F)(F)F)N1.CC. The number of rotatable bonds is 9. The van der Waals surface area contributed by atoms with Gasteiger partial charge in [-0.25, -0.2) is 9.79 Å². The average Bonchev–Trinajstić information content (AvgIpc) is 2.87. The number of aliphatic imine (C=N–C) groups is 1. The number of nitrogens with two attached hydrogens (primary N) is 1. The second-order valence-corrected chi connectivity index (χ2v) is 8.44. The number of carboxylic acids is 1. The van der Waals surface area contributed by atoms with Crippen LogP contribution in [0.3, 0.4) is 0 Å². The lowest BCUT2D eigenvalue weighted by Crippen LogP contribution is -2.52. The highest BCUT2D eigenvalue weighted by Gasteiger charge is 2.45. The van der Waals surface area contributed by atoms with Crippen LogP contribution in [0.4, 0.5) is 13.2 Å². The maximum atomic E-state index is 14.4. The van der Waals surface area contributed by atoms with Crippen molar-refractivity contribution in [3.05, 3.63) is 82.9 Å². The number of hydrogen-bond donors (Lipinski definition) is 4. The van der Waals surface area contributed by atoms with Gasteiger partial charge in [0.2, 0.25) is 0 Å². The van der Waals surface area contributed by atoms with Gasteiger partial charge in [-0.2, -0.15) is 13.2 Å². The summed E-state index contributed by atoms with van der Waals surface area (Å²) in [4.78, 5) is 16.3. The van der Waals surface area contributed by atoms with Crippen LogP contribution in [0.2, 0.25) is 0 Å². The highest BCUT2D eigenvalue weighted by atomic mass is 19.4. The van der Waals surface area contributed by atoms with Crippen LogP contribution in [-0.2, 0) is 4.79 Å². The van der Waals surface area contributed by atoms with Crippen LogP contribution in [0.5, 0.6) is 0 Å². The van der Waals surface area contributed by atoms with Crippen LogP contribution < -0.4 is 16.4 Å². The second kappa shape index (κ2) is 15.0. The minimum atomic E-state index is -4.75. The van der Waals surface area contributed by atoms with Gasteiger partial charge in [0.15, 0.2) is 0 Å². The van der Waals surface area contributed by atoms with Crippen molar-refractivity contribution in [1.82, 2.24) is 10.6 Å². The Hall–Kier alpha value is -3.33. The molecule has 37 heavy (non-hydrogen) atoms. The Labute approximate surface area is 218 Å². The summed E-state index contributed by atoms with van der Waals surface area (Å²) in [6.45, 7) is 12.5. The summed E-state index contributed by atoms with van der Waals surface area (Å²) >= 11 is 0. The fraction of sp³-hybridized carbons (Fsp3) is 0.429. The number of allylic oxidation sites excluding steroid dienone is 8. The van der Waals surface area contributed by atoms with Crippen molar-refractivity contribution >= 4 is 11.8 Å². The topological polar surface area (TPSA) is 99.7 Å². The van der Waals surface area contributed by atoms with Crippen LogP contribution in [0.15, 0.2) is 87.9 Å². The number of alkyl halides is 3. The Bertz CT molecular complexity index is 1040. The van der Waals surface area contributed by atoms with Crippen molar-refractivity contribution in [1.29, 1.82) is 0 Å². The Morgan fingerprint density at radius 1 is 1.32 bits per heavy atom. The summed E-state index contributed by atoms with van der Waals surface area (Å²) in [5, 5.41) is 14.9. The van der Waals surface area contributed by atoms with Crippen molar-refractivity contribution in [2.45, 2.75) is 78.6 Å². The first kappa shape index (κ1) is 31.7. The predicted molar refractivity (Wildman–Crippen MR) is 145 cm³/mol. The lowest BCUT2D eigenvalue weighted by Gasteiger charge is -2.30. The molecular weight excluding hydrogens is 481 g/mol. The van der Waals surface area contributed by atoms with E-state index in [-0.39, 0.29) is 17.0 Å². The van der Waals surface area contributed by atoms with Gasteiger partial charge in [0, 0.05) is 17.3 Å². The van der Waals surface area contributed by atoms with Crippen molar-refractivity contribution in [2.24, 2.45) is 10.7 Å². The highest BCUT2D eigenvalue weighted by Crippen LogP contribution is 2.31. The third-order valence-corrected chi connectivity index (χ3v) is 5.60. The molecule has 1 aliphatic carbocycles. The smallest absolute Gasteiger partial charge is 0.408 e. The molecule has 2 rings (SSSR count). The fourth-order valence-corrected chi connectivity index (χ4v) is 3.78. The van der Waals surface area contributed by atoms with Crippen LogP contribution >= 0.6 is 0 Å². The average molecular weight is 521 g/mol. The van der Waals surface area contributed by atoms with Crippen LogP contribution in [0.25, 0.3) is 0 Å². The lowest BCUT2D eigenvalue weighted by molar-refractivity contribution is -0.148. The second-order valence-electron chi connectivity index (χ2n) is 8.44. The Kier molecular flexibility index (Phi) is 12.9. The summed E-state index contributed by atoms with van der Waals surface area (Å²) in [6.07, 6.45) is 9.62. The molecule has 5 N–H and O–H groups in total. The molecule has 0 amide bonds. The molecule has 0 saturated heterocycles. The van der Waals surface area contributed by atoms with Gasteiger partial charge < -0.3 is 16.2 Å². The summed E-state index contributed by atoms with van der Waals surface area (Å²) in [6, 6.07) is -3.37. The highest BCUT2D eigenvalue weighted by molar-refractivity contribution is 6.02. The first-order valence-corrected chi connectivity index (χ1v) is 12.4. The molecular formula is C28H39F3N4O2. The van der Waals surface area contributed by atoms with E-state index in [0.29, 0.717) is 17.0 Å². The van der Waals surface area contributed by atoms with Gasteiger partial charge in [0.05, 0.1) is 11.3 Å². The summed E-state index contributed by atoms with van der Waals surface area (Å²) in [5.41, 5.74) is 7.39. The normalized spacial score (nSPS) is 19.2. The first-order valence-electron chi connectivity index (χ1n) is 12.4. The first-order chi connectivity index (χ1) is 17.5. The quantitative estimate of drug-likeness (QED) is 0.214. The molecule has 0 saturated carbocycles. The van der Waals surface area contributed by atoms with Gasteiger partial charge in [-0.05, 0) is 76.0 Å². The number of nitrogens with one attached hydrogen (secondary N) is 2. The van der Waals surface area contributed by atoms with Crippen molar-refractivity contribution in [3.8, 4) is 0 Å². The van der Waals surface area contributed by atoms with Crippen molar-refractivity contribution in [2.75, 3.05) is 0 Å². The zero-order valence-electron chi connectivity index (χ0n) is 22.2. The van der Waals surface area contributed by atoms with Crippen LogP contribution in [0.1, 0.15) is 60.3 Å². The van der Waals surface area contributed by atoms with E-state index < -0.39 is 24.2 Å². The summed E-state index contributed by atoms with van der Waals surface area (Å²) in [7, 11) is 0. The molecule has 0 bridgehead atoms. The molecule has 2 aliphatic rings. The van der Waals surface area contributed by atoms with Crippen LogP contribution in [0, 0.1) is 0 Å². The molecule has 0 radical (unpaired) electrons. The summed E-state index contributed by atoms with van der Waals surface area (Å²) < 4.78 is 43.2. The fourth-order valence-electron chi connectivity index (χ4n) is 3.78. The summed E-state index contributed by atoms with van der Waals surface area (Å²) in [5.74, 6) is -1.33. The van der Waals surface area contributed by atoms with E-state index in [9.17, 15) is 23.1 Å². The number of hydrogen-bond acceptors (Lipinski definition) is 5. The van der Waals surface area contributed by atoms with E-state index in [4.69, 9.17) is 5.73 Å². The van der Waals surface area contributed by atoms with E-state index in [1.54, 1.807) is 26.0 Å². The van der Waals surface area contributed by atoms with Gasteiger partial charge in [0.1, 0.15) is 11.9 Å². The maximum Gasteiger partial charge on any atom is 0.408 e. The number of aliphatic carboxylic acids is 1. The molecule has 2 atom stereocenters. The molecule has 0 fully saturated rings. The van der Waals surface area contributed by atoms with Gasteiger partial charge in [-0.15, -0.1) is 0 Å². The number of carbonyl (C=O) groups is 1. The molecule has 204 valence electrons. The molecule has 1 heterocycles. The molecule has 0 aromatic carbocycles. The van der Waals surface area contributed by atoms with E-state index in [2.05, 4.69) is 28.3 Å². The number of carboxylic acid groups (broad SMARTS) is 1. The van der Waals surface area contributed by atoms with Crippen molar-refractivity contribution < 1.29 is 23.1 Å². The molecule has 2 unspecified atom stereocenters. The van der Waals surface area contributed by atoms with Crippen LogP contribution in [-0.4, -0.2) is 35.2 Å². The number of nitrogens with zero attached hydrogens (tertiary/aromatic N) is 1. The Balaban J connectivity index is 0.00000334. The van der Waals surface area contributed by atoms with Gasteiger partial charge >= 0.3 is 12.1 Å². The minimum absolute atomic E-state index is 0.0120. The standard InChI is InChI=1S/C26H33F3N4O2.C2H6/c1-5-6-12-20(24-31-17(3)14-22(33-24)19-10-8-7-9-11-19)23(26(27,28)29)32-18(4)21(25(34)35)13-16(2)15-30;1-2/h5-6,10,12-15,18,23,32H,3,7-9,11,30H2,1-2,4H3,(H,31,33)(H,34,35);1-2H3/b6-5-,16-15-,20-12-,21-13+;. The van der Waals surface area contributed by atoms with Gasteiger partial charge in [-0.3, -0.25) is 5.32 Å². The zero-order valence-corrected chi connectivity index (χ0v) is 22.2. The minimum Gasteiger partial charge on any atom is -0.478 e. The lowest BCUT2D eigenvalue weighted by atomic mass is 9.95. The molecule has 1 aliphatic heterocycles. The molecule has 0 aromatic heterocycles. The molecule has 0 aromatic rings. The Morgan fingerprint density at radius 3 is 2.51 bits per heavy atom. The van der Waals surface area contributed by atoms with Gasteiger partial charge in [-0.1, -0.05) is 44.7 Å². The van der Waals surface area contributed by atoms with Gasteiger partial charge in [0.25, 0.3) is 0 Å². The van der Waals surface area contributed by atoms with E-state index in [1.165, 1.54) is 31.4 Å². The van der Waals surface area contributed by atoms with Crippen molar-refractivity contribution in [3.63, 3.8) is 0 Å². The van der Waals surface area contributed by atoms with E-state index in [0.717, 1.165) is 31.3 Å². The maximum absolute atomic E-state index is 14.4. The van der Waals surface area contributed by atoms with E-state index >= 15 is 0 Å². The largest absolute Gasteiger partial charge is 0.478 e. The molecule has 6 nitrogen and oxygen atoms in total. The van der Waals surface area contributed by atoms with E-state index in [1.807, 2.05) is 13.8 Å². The number of amidine groups is 1. The third kappa shape index (κ3) is 9.57. The zero-order chi connectivity index (χ0) is 28.2.